The summed E-state index contributed by atoms with van der Waals surface area (Å²) >= 11 is 0. The second kappa shape index (κ2) is 9.97. The minimum Gasteiger partial charge on any atom is -0.497 e. The molecule has 2 aromatic carbocycles. The molecule has 1 saturated heterocycles. The Morgan fingerprint density at radius 1 is 0.812 bits per heavy atom. The highest BCUT2D eigenvalue weighted by atomic mass is 35.5. The number of pyridine rings is 1. The molecule has 1 aliphatic heterocycles. The number of aromatic nitrogens is 1. The summed E-state index contributed by atoms with van der Waals surface area (Å²) in [4.78, 5) is 10.3. The molecule has 1 saturated carbocycles. The first kappa shape index (κ1) is 22.7. The molecule has 1 aliphatic carbocycles. The van der Waals surface area contributed by atoms with Crippen molar-refractivity contribution in [2.24, 2.45) is 0 Å². The number of nitrogens with zero attached hydrogens (tertiary/aromatic N) is 3. The molecule has 0 spiro atoms. The van der Waals surface area contributed by atoms with Crippen LogP contribution in [0.3, 0.4) is 0 Å². The van der Waals surface area contributed by atoms with Crippen LogP contribution >= 0.6 is 12.4 Å². The van der Waals surface area contributed by atoms with Gasteiger partial charge in [0.2, 0.25) is 0 Å². The Labute approximate surface area is 196 Å². The molecule has 0 radical (unpaired) electrons. The summed E-state index contributed by atoms with van der Waals surface area (Å²) in [6.07, 6.45) is 5.51. The van der Waals surface area contributed by atoms with Crippen LogP contribution in [0.5, 0.6) is 11.5 Å². The number of methoxy groups -OCH3 is 2. The Bertz CT molecular complexity index is 1040. The molecule has 0 unspecified atom stereocenters. The number of piperazine rings is 1. The van der Waals surface area contributed by atoms with E-state index >= 15 is 0 Å². The van der Waals surface area contributed by atoms with Crippen LogP contribution in [0.25, 0.3) is 22.0 Å². The van der Waals surface area contributed by atoms with Crippen LogP contribution in [0.4, 0.5) is 5.82 Å². The maximum absolute atomic E-state index is 5.44. The Balaban J connectivity index is 0.00000245. The first-order chi connectivity index (χ1) is 15.2. The molecule has 5 rings (SSSR count). The van der Waals surface area contributed by atoms with E-state index in [2.05, 4.69) is 34.1 Å². The van der Waals surface area contributed by atoms with E-state index < -0.39 is 0 Å². The Morgan fingerprint density at radius 2 is 1.47 bits per heavy atom. The predicted octanol–water partition coefficient (Wildman–Crippen LogP) is 5.41. The molecule has 170 valence electrons. The number of hydrogen-bond donors (Lipinski definition) is 0. The Morgan fingerprint density at radius 3 is 2.12 bits per heavy atom. The van der Waals surface area contributed by atoms with Crippen molar-refractivity contribution in [3.05, 3.63) is 48.5 Å². The standard InChI is InChI=1S/C26H31N3O2.ClH/c1-30-22-10-7-19(8-11-22)24-17-20-9-12-23(31-2)18-25(20)27-26(24)29-15-13-28(14-16-29)21-5-3-4-6-21;/h7-12,17-18,21H,3-6,13-16H2,1-2H3;1H. The summed E-state index contributed by atoms with van der Waals surface area (Å²) in [5.41, 5.74) is 3.32. The smallest absolute Gasteiger partial charge is 0.137 e. The van der Waals surface area contributed by atoms with Crippen LogP contribution < -0.4 is 14.4 Å². The van der Waals surface area contributed by atoms with Gasteiger partial charge in [-0.05, 0) is 48.7 Å². The first-order valence-corrected chi connectivity index (χ1v) is 11.4. The molecule has 0 amide bonds. The van der Waals surface area contributed by atoms with Crippen molar-refractivity contribution in [3.63, 3.8) is 0 Å². The third kappa shape index (κ3) is 4.50. The van der Waals surface area contributed by atoms with Gasteiger partial charge in [0.05, 0.1) is 19.7 Å². The van der Waals surface area contributed by atoms with E-state index in [0.29, 0.717) is 0 Å². The van der Waals surface area contributed by atoms with Crippen molar-refractivity contribution >= 4 is 29.1 Å². The zero-order valence-corrected chi connectivity index (χ0v) is 19.7. The molecular formula is C26H32ClN3O2. The molecule has 0 bridgehead atoms. The van der Waals surface area contributed by atoms with Gasteiger partial charge >= 0.3 is 0 Å². The van der Waals surface area contributed by atoms with E-state index in [1.54, 1.807) is 14.2 Å². The van der Waals surface area contributed by atoms with Gasteiger partial charge < -0.3 is 14.4 Å². The molecule has 3 aromatic rings. The predicted molar refractivity (Wildman–Crippen MR) is 134 cm³/mol. The third-order valence-electron chi connectivity index (χ3n) is 6.86. The number of fused-ring (bicyclic) bond motifs is 1. The van der Waals surface area contributed by atoms with E-state index in [1.807, 2.05) is 24.3 Å². The summed E-state index contributed by atoms with van der Waals surface area (Å²) in [7, 11) is 3.41. The van der Waals surface area contributed by atoms with Crippen LogP contribution in [0.1, 0.15) is 25.7 Å². The largest absolute Gasteiger partial charge is 0.497 e. The fraction of sp³-hybridized carbons (Fsp3) is 0.423. The number of benzene rings is 2. The summed E-state index contributed by atoms with van der Waals surface area (Å²) in [5, 5.41) is 1.12. The minimum absolute atomic E-state index is 0. The van der Waals surface area contributed by atoms with E-state index in [9.17, 15) is 0 Å². The van der Waals surface area contributed by atoms with Gasteiger partial charge in [-0.3, -0.25) is 4.90 Å². The topological polar surface area (TPSA) is 37.8 Å². The zero-order valence-electron chi connectivity index (χ0n) is 18.9. The van der Waals surface area contributed by atoms with Gasteiger partial charge in [0.25, 0.3) is 0 Å². The van der Waals surface area contributed by atoms with E-state index in [4.69, 9.17) is 14.5 Å². The molecule has 1 aromatic heterocycles. The number of ether oxygens (including phenoxy) is 2. The van der Waals surface area contributed by atoms with Crippen LogP contribution in [0.15, 0.2) is 48.5 Å². The average Bonchev–Trinajstić information content (AvgIpc) is 3.38. The number of anilines is 1. The quantitative estimate of drug-likeness (QED) is 0.516. The summed E-state index contributed by atoms with van der Waals surface area (Å²) in [6.45, 7) is 4.26. The van der Waals surface area contributed by atoms with Crippen molar-refractivity contribution in [3.8, 4) is 22.6 Å². The molecule has 6 heteroatoms. The van der Waals surface area contributed by atoms with Gasteiger partial charge in [-0.25, -0.2) is 4.98 Å². The van der Waals surface area contributed by atoms with Crippen molar-refractivity contribution < 1.29 is 9.47 Å². The number of halogens is 1. The zero-order chi connectivity index (χ0) is 21.2. The van der Waals surface area contributed by atoms with Gasteiger partial charge in [0.15, 0.2) is 0 Å². The summed E-state index contributed by atoms with van der Waals surface area (Å²) in [6, 6.07) is 17.5. The lowest BCUT2D eigenvalue weighted by Crippen LogP contribution is -2.50. The fourth-order valence-electron chi connectivity index (χ4n) is 5.06. The number of rotatable bonds is 5. The van der Waals surface area contributed by atoms with Crippen LogP contribution in [0, 0.1) is 0 Å². The molecule has 2 heterocycles. The Hall–Kier alpha value is -2.50. The van der Waals surface area contributed by atoms with Crippen LogP contribution in [-0.2, 0) is 0 Å². The third-order valence-corrected chi connectivity index (χ3v) is 6.86. The number of hydrogen-bond acceptors (Lipinski definition) is 5. The van der Waals surface area contributed by atoms with Gasteiger partial charge in [-0.1, -0.05) is 25.0 Å². The molecule has 2 aliphatic rings. The average molecular weight is 454 g/mol. The second-order valence-electron chi connectivity index (χ2n) is 8.61. The summed E-state index contributed by atoms with van der Waals surface area (Å²) in [5.74, 6) is 2.78. The first-order valence-electron chi connectivity index (χ1n) is 11.4. The SMILES string of the molecule is COc1ccc(-c2cc3ccc(OC)cc3nc2N2CCN(C3CCCC3)CC2)cc1.Cl. The molecule has 32 heavy (non-hydrogen) atoms. The van der Waals surface area contributed by atoms with Crippen LogP contribution in [0.2, 0.25) is 0 Å². The van der Waals surface area contributed by atoms with E-state index in [-0.39, 0.29) is 12.4 Å². The second-order valence-corrected chi connectivity index (χ2v) is 8.61. The van der Waals surface area contributed by atoms with Gasteiger partial charge in [0.1, 0.15) is 17.3 Å². The molecule has 0 atom stereocenters. The molecule has 2 fully saturated rings. The van der Waals surface area contributed by atoms with Gasteiger partial charge in [-0.15, -0.1) is 12.4 Å². The highest BCUT2D eigenvalue weighted by molar-refractivity contribution is 5.90. The Kier molecular flexibility index (Phi) is 7.07. The molecular weight excluding hydrogens is 422 g/mol. The van der Waals surface area contributed by atoms with Gasteiger partial charge in [0, 0.05) is 49.2 Å². The lowest BCUT2D eigenvalue weighted by atomic mass is 10.0. The normalized spacial score (nSPS) is 17.4. The van der Waals surface area contributed by atoms with E-state index in [0.717, 1.165) is 60.4 Å². The van der Waals surface area contributed by atoms with Crippen molar-refractivity contribution in [1.29, 1.82) is 0 Å². The molecule has 5 nitrogen and oxygen atoms in total. The summed E-state index contributed by atoms with van der Waals surface area (Å²) < 4.78 is 10.8. The van der Waals surface area contributed by atoms with Crippen molar-refractivity contribution in [2.45, 2.75) is 31.7 Å². The van der Waals surface area contributed by atoms with Crippen LogP contribution in [-0.4, -0.2) is 56.3 Å². The van der Waals surface area contributed by atoms with Crippen molar-refractivity contribution in [2.75, 3.05) is 45.3 Å². The minimum atomic E-state index is 0. The maximum Gasteiger partial charge on any atom is 0.137 e. The fourth-order valence-corrected chi connectivity index (χ4v) is 5.06. The van der Waals surface area contributed by atoms with E-state index in [1.165, 1.54) is 36.8 Å². The maximum atomic E-state index is 5.44. The highest BCUT2D eigenvalue weighted by Gasteiger charge is 2.27. The molecule has 0 N–H and O–H groups in total. The lowest BCUT2D eigenvalue weighted by molar-refractivity contribution is 0.187. The lowest BCUT2D eigenvalue weighted by Gasteiger charge is -2.39. The monoisotopic (exact) mass is 453 g/mol. The highest BCUT2D eigenvalue weighted by Crippen LogP contribution is 2.35. The van der Waals surface area contributed by atoms with Gasteiger partial charge in [-0.2, -0.15) is 0 Å². The van der Waals surface area contributed by atoms with Crippen molar-refractivity contribution in [1.82, 2.24) is 9.88 Å².